The van der Waals surface area contributed by atoms with Crippen molar-refractivity contribution in [2.24, 2.45) is 0 Å². The molecule has 106 valence electrons. The molecule has 0 aliphatic carbocycles. The summed E-state index contributed by atoms with van der Waals surface area (Å²) in [6.45, 7) is 2.88. The first-order chi connectivity index (χ1) is 9.75. The minimum absolute atomic E-state index is 0.614. The Morgan fingerprint density at radius 3 is 2.65 bits per heavy atom. The van der Waals surface area contributed by atoms with E-state index >= 15 is 0 Å². The van der Waals surface area contributed by atoms with E-state index in [0.29, 0.717) is 5.88 Å². The van der Waals surface area contributed by atoms with E-state index in [2.05, 4.69) is 23.3 Å². The van der Waals surface area contributed by atoms with E-state index < -0.39 is 0 Å². The van der Waals surface area contributed by atoms with Crippen LogP contribution < -0.4 is 14.8 Å². The largest absolute Gasteiger partial charge is 0.497 e. The summed E-state index contributed by atoms with van der Waals surface area (Å²) in [5, 5.41) is 3.14. The van der Waals surface area contributed by atoms with Crippen LogP contribution in [-0.2, 0) is 13.0 Å². The minimum atomic E-state index is 0.614. The van der Waals surface area contributed by atoms with Crippen LogP contribution >= 0.6 is 0 Å². The van der Waals surface area contributed by atoms with Gasteiger partial charge in [0.15, 0.2) is 0 Å². The highest BCUT2D eigenvalue weighted by Crippen LogP contribution is 2.25. The molecule has 2 rings (SSSR count). The molecule has 1 aromatic carbocycles. The molecule has 0 aliphatic heterocycles. The molecule has 4 heteroatoms. The van der Waals surface area contributed by atoms with Crippen molar-refractivity contribution < 1.29 is 9.47 Å². The molecule has 0 radical (unpaired) electrons. The molecule has 0 saturated carbocycles. The number of nitrogens with one attached hydrogen (secondary N) is 1. The van der Waals surface area contributed by atoms with Crippen molar-refractivity contribution in [2.45, 2.75) is 19.9 Å². The molecule has 1 aromatic heterocycles. The Kier molecular flexibility index (Phi) is 4.96. The van der Waals surface area contributed by atoms with Crippen LogP contribution in [0.5, 0.6) is 17.4 Å². The summed E-state index contributed by atoms with van der Waals surface area (Å²) in [5.41, 5.74) is 2.19. The molecule has 4 nitrogen and oxygen atoms in total. The third-order valence-corrected chi connectivity index (χ3v) is 2.92. The van der Waals surface area contributed by atoms with Crippen molar-refractivity contribution in [3.8, 4) is 17.4 Å². The number of hydrogen-bond donors (Lipinski definition) is 1. The third kappa shape index (κ3) is 3.71. The summed E-state index contributed by atoms with van der Waals surface area (Å²) < 4.78 is 11.0. The Labute approximate surface area is 119 Å². The van der Waals surface area contributed by atoms with Crippen LogP contribution in [0.25, 0.3) is 0 Å². The summed E-state index contributed by atoms with van der Waals surface area (Å²) in [6.07, 6.45) is 0.881. The van der Waals surface area contributed by atoms with E-state index in [4.69, 9.17) is 9.47 Å². The average molecular weight is 272 g/mol. The second-order valence-corrected chi connectivity index (χ2v) is 4.47. The molecule has 0 saturated heterocycles. The first-order valence-electron chi connectivity index (χ1n) is 6.71. The van der Waals surface area contributed by atoms with E-state index in [1.165, 1.54) is 0 Å². The SMILES string of the molecule is CCc1cc(CNC)cc(Oc2cccc(OC)c2)n1. The molecule has 1 N–H and O–H groups in total. The predicted octanol–water partition coefficient (Wildman–Crippen LogP) is 3.16. The molecule has 0 amide bonds. The highest BCUT2D eigenvalue weighted by Gasteiger charge is 2.05. The standard InChI is InChI=1S/C16H20N2O2/c1-4-13-8-12(11-17-2)9-16(18-13)20-15-7-5-6-14(10-15)19-3/h5-10,17H,4,11H2,1-3H3. The Bertz CT molecular complexity index is 570. The lowest BCUT2D eigenvalue weighted by molar-refractivity contribution is 0.407. The van der Waals surface area contributed by atoms with Gasteiger partial charge in [-0.2, -0.15) is 0 Å². The highest BCUT2D eigenvalue weighted by molar-refractivity contribution is 5.36. The van der Waals surface area contributed by atoms with Gasteiger partial charge in [-0.15, -0.1) is 0 Å². The van der Waals surface area contributed by atoms with Gasteiger partial charge in [-0.1, -0.05) is 13.0 Å². The number of aryl methyl sites for hydroxylation is 1. The molecular weight excluding hydrogens is 252 g/mol. The quantitative estimate of drug-likeness (QED) is 0.877. The zero-order valence-electron chi connectivity index (χ0n) is 12.1. The van der Waals surface area contributed by atoms with E-state index in [-0.39, 0.29) is 0 Å². The normalized spacial score (nSPS) is 10.3. The maximum atomic E-state index is 5.83. The number of aromatic nitrogens is 1. The van der Waals surface area contributed by atoms with Gasteiger partial charge in [-0.05, 0) is 37.2 Å². The lowest BCUT2D eigenvalue weighted by Gasteiger charge is -2.10. The average Bonchev–Trinajstić information content (AvgIpc) is 2.47. The Hall–Kier alpha value is -2.07. The Morgan fingerprint density at radius 2 is 1.95 bits per heavy atom. The van der Waals surface area contributed by atoms with Gasteiger partial charge in [0.05, 0.1) is 7.11 Å². The van der Waals surface area contributed by atoms with Crippen molar-refractivity contribution >= 4 is 0 Å². The lowest BCUT2D eigenvalue weighted by Crippen LogP contribution is -2.06. The molecule has 0 atom stereocenters. The third-order valence-electron chi connectivity index (χ3n) is 2.92. The van der Waals surface area contributed by atoms with Gasteiger partial charge in [0, 0.05) is 24.4 Å². The van der Waals surface area contributed by atoms with Crippen LogP contribution in [0.15, 0.2) is 36.4 Å². The van der Waals surface area contributed by atoms with Crippen LogP contribution in [0.3, 0.4) is 0 Å². The number of ether oxygens (including phenoxy) is 2. The predicted molar refractivity (Wildman–Crippen MR) is 79.4 cm³/mol. The van der Waals surface area contributed by atoms with Gasteiger partial charge in [-0.3, -0.25) is 0 Å². The monoisotopic (exact) mass is 272 g/mol. The second kappa shape index (κ2) is 6.91. The van der Waals surface area contributed by atoms with E-state index in [1.54, 1.807) is 7.11 Å². The maximum absolute atomic E-state index is 5.83. The van der Waals surface area contributed by atoms with Crippen molar-refractivity contribution in [3.05, 3.63) is 47.7 Å². The van der Waals surface area contributed by atoms with Crippen LogP contribution in [0, 0.1) is 0 Å². The molecule has 0 spiro atoms. The van der Waals surface area contributed by atoms with Crippen molar-refractivity contribution in [1.29, 1.82) is 0 Å². The number of benzene rings is 1. The van der Waals surface area contributed by atoms with Crippen LogP contribution in [0.1, 0.15) is 18.2 Å². The smallest absolute Gasteiger partial charge is 0.219 e. The van der Waals surface area contributed by atoms with Crippen molar-refractivity contribution in [1.82, 2.24) is 10.3 Å². The summed E-state index contributed by atoms with van der Waals surface area (Å²) in [7, 11) is 3.56. The molecular formula is C16H20N2O2. The highest BCUT2D eigenvalue weighted by atomic mass is 16.5. The molecule has 20 heavy (non-hydrogen) atoms. The lowest BCUT2D eigenvalue weighted by atomic mass is 10.2. The van der Waals surface area contributed by atoms with Gasteiger partial charge < -0.3 is 14.8 Å². The summed E-state index contributed by atoms with van der Waals surface area (Å²) in [6, 6.07) is 11.6. The zero-order valence-corrected chi connectivity index (χ0v) is 12.1. The number of rotatable bonds is 6. The first kappa shape index (κ1) is 14.3. The number of methoxy groups -OCH3 is 1. The number of pyridine rings is 1. The van der Waals surface area contributed by atoms with E-state index in [9.17, 15) is 0 Å². The number of hydrogen-bond acceptors (Lipinski definition) is 4. The minimum Gasteiger partial charge on any atom is -0.497 e. The Morgan fingerprint density at radius 1 is 1.15 bits per heavy atom. The van der Waals surface area contributed by atoms with Crippen LogP contribution in [0.4, 0.5) is 0 Å². The maximum Gasteiger partial charge on any atom is 0.219 e. The zero-order chi connectivity index (χ0) is 14.4. The fourth-order valence-electron chi connectivity index (χ4n) is 1.95. The topological polar surface area (TPSA) is 43.4 Å². The summed E-state index contributed by atoms with van der Waals surface area (Å²) >= 11 is 0. The fraction of sp³-hybridized carbons (Fsp3) is 0.312. The second-order valence-electron chi connectivity index (χ2n) is 4.47. The molecule has 1 heterocycles. The van der Waals surface area contributed by atoms with Crippen LogP contribution in [0.2, 0.25) is 0 Å². The van der Waals surface area contributed by atoms with Crippen molar-refractivity contribution in [2.75, 3.05) is 14.2 Å². The van der Waals surface area contributed by atoms with Gasteiger partial charge in [0.2, 0.25) is 5.88 Å². The molecule has 0 fully saturated rings. The molecule has 0 bridgehead atoms. The van der Waals surface area contributed by atoms with Gasteiger partial charge in [0.25, 0.3) is 0 Å². The fourth-order valence-corrected chi connectivity index (χ4v) is 1.95. The van der Waals surface area contributed by atoms with E-state index in [0.717, 1.165) is 35.7 Å². The van der Waals surface area contributed by atoms with Gasteiger partial charge >= 0.3 is 0 Å². The van der Waals surface area contributed by atoms with E-state index in [1.807, 2.05) is 37.4 Å². The summed E-state index contributed by atoms with van der Waals surface area (Å²) in [4.78, 5) is 4.49. The molecule has 0 unspecified atom stereocenters. The van der Waals surface area contributed by atoms with Crippen LogP contribution in [-0.4, -0.2) is 19.1 Å². The molecule has 2 aromatic rings. The van der Waals surface area contributed by atoms with Crippen molar-refractivity contribution in [3.63, 3.8) is 0 Å². The number of nitrogens with zero attached hydrogens (tertiary/aromatic N) is 1. The van der Waals surface area contributed by atoms with Gasteiger partial charge in [0.1, 0.15) is 11.5 Å². The first-order valence-corrected chi connectivity index (χ1v) is 6.71. The Balaban J connectivity index is 2.24. The molecule has 0 aliphatic rings. The summed E-state index contributed by atoms with van der Waals surface area (Å²) in [5.74, 6) is 2.10. The van der Waals surface area contributed by atoms with Gasteiger partial charge in [-0.25, -0.2) is 4.98 Å².